The Morgan fingerprint density at radius 1 is 1.60 bits per heavy atom. The Morgan fingerprint density at radius 3 is 3.00 bits per heavy atom. The molecule has 2 heterocycles. The van der Waals surface area contributed by atoms with Crippen LogP contribution < -0.4 is 5.32 Å². The number of nitrogens with one attached hydrogen (secondary N) is 1. The van der Waals surface area contributed by atoms with Gasteiger partial charge in [-0.1, -0.05) is 11.6 Å². The first-order chi connectivity index (χ1) is 7.16. The topological polar surface area (TPSA) is 49.3 Å². The molecule has 3 nitrogen and oxygen atoms in total. The summed E-state index contributed by atoms with van der Waals surface area (Å²) in [5.74, 6) is 0.745. The number of rotatable bonds is 2. The zero-order chi connectivity index (χ0) is 10.8. The summed E-state index contributed by atoms with van der Waals surface area (Å²) in [6.45, 7) is 0. The van der Waals surface area contributed by atoms with Gasteiger partial charge in [-0.15, -0.1) is 11.3 Å². The Labute approximate surface area is 101 Å². The number of aliphatic carboxylic acids is 1. The van der Waals surface area contributed by atoms with Crippen molar-refractivity contribution in [2.24, 2.45) is 0 Å². The van der Waals surface area contributed by atoms with Crippen LogP contribution in [0, 0.1) is 0 Å². The van der Waals surface area contributed by atoms with Crippen LogP contribution in [-0.4, -0.2) is 28.6 Å². The first kappa shape index (κ1) is 11.3. The lowest BCUT2D eigenvalue weighted by atomic mass is 10.1. The summed E-state index contributed by atoms with van der Waals surface area (Å²) < 4.78 is 0.745. The fourth-order valence-corrected chi connectivity index (χ4v) is 3.56. The third-order valence-corrected chi connectivity index (χ3v) is 4.51. The van der Waals surface area contributed by atoms with Gasteiger partial charge in [0.2, 0.25) is 0 Å². The second kappa shape index (κ2) is 4.74. The number of thiophene rings is 1. The molecular formula is C9H10ClNO2S2. The number of hydrogen-bond donors (Lipinski definition) is 2. The van der Waals surface area contributed by atoms with E-state index in [4.69, 9.17) is 16.7 Å². The highest BCUT2D eigenvalue weighted by Gasteiger charge is 2.27. The fourth-order valence-electron chi connectivity index (χ4n) is 1.48. The molecule has 82 valence electrons. The van der Waals surface area contributed by atoms with Gasteiger partial charge in [0.05, 0.1) is 4.34 Å². The Balaban J connectivity index is 2.07. The molecule has 0 aliphatic carbocycles. The lowest BCUT2D eigenvalue weighted by Crippen LogP contribution is -2.45. The van der Waals surface area contributed by atoms with Gasteiger partial charge in [-0.25, -0.2) is 0 Å². The third-order valence-electron chi connectivity index (χ3n) is 2.26. The predicted molar refractivity (Wildman–Crippen MR) is 64.0 cm³/mol. The van der Waals surface area contributed by atoms with Crippen molar-refractivity contribution in [3.63, 3.8) is 0 Å². The first-order valence-corrected chi connectivity index (χ1v) is 6.88. The molecular weight excluding hydrogens is 254 g/mol. The van der Waals surface area contributed by atoms with Crippen LogP contribution in [0.4, 0.5) is 0 Å². The van der Waals surface area contributed by atoms with Crippen molar-refractivity contribution in [1.82, 2.24) is 5.32 Å². The lowest BCUT2D eigenvalue weighted by Gasteiger charge is -2.27. The molecule has 2 N–H and O–H groups in total. The summed E-state index contributed by atoms with van der Waals surface area (Å²) in [5, 5.41) is 14.0. The molecule has 0 bridgehead atoms. The van der Waals surface area contributed by atoms with Crippen LogP contribution in [0.25, 0.3) is 0 Å². The van der Waals surface area contributed by atoms with E-state index in [2.05, 4.69) is 5.32 Å². The molecule has 1 aromatic rings. The van der Waals surface area contributed by atoms with Crippen molar-refractivity contribution in [3.05, 3.63) is 21.3 Å². The SMILES string of the molecule is O=C(O)C1CSCC(c2csc(Cl)c2)N1. The van der Waals surface area contributed by atoms with Gasteiger partial charge in [-0.3, -0.25) is 10.1 Å². The van der Waals surface area contributed by atoms with E-state index < -0.39 is 12.0 Å². The number of hydrogen-bond acceptors (Lipinski definition) is 4. The first-order valence-electron chi connectivity index (χ1n) is 4.47. The van der Waals surface area contributed by atoms with Crippen LogP contribution in [0.1, 0.15) is 11.6 Å². The quantitative estimate of drug-likeness (QED) is 0.859. The standard InChI is InChI=1S/C9H10ClNO2S2/c10-8-1-5(2-15-8)6-3-14-4-7(11-6)9(12)13/h1-2,6-7,11H,3-4H2,(H,12,13). The number of carbonyl (C=O) groups is 1. The minimum Gasteiger partial charge on any atom is -0.480 e. The maximum Gasteiger partial charge on any atom is 0.321 e. The van der Waals surface area contributed by atoms with Gasteiger partial charge in [0, 0.05) is 17.5 Å². The van der Waals surface area contributed by atoms with Crippen LogP contribution >= 0.6 is 34.7 Å². The van der Waals surface area contributed by atoms with Crippen LogP contribution in [0.3, 0.4) is 0 Å². The molecule has 6 heteroatoms. The Hall–Kier alpha value is -0.230. The summed E-state index contributed by atoms with van der Waals surface area (Å²) >= 11 is 8.98. The molecule has 0 spiro atoms. The van der Waals surface area contributed by atoms with E-state index in [1.165, 1.54) is 11.3 Å². The van der Waals surface area contributed by atoms with Crippen molar-refractivity contribution in [2.75, 3.05) is 11.5 Å². The van der Waals surface area contributed by atoms with Gasteiger partial charge in [-0.05, 0) is 17.0 Å². The van der Waals surface area contributed by atoms with Crippen LogP contribution in [0.5, 0.6) is 0 Å². The smallest absolute Gasteiger partial charge is 0.321 e. The number of halogens is 1. The van der Waals surface area contributed by atoms with Crippen molar-refractivity contribution in [3.8, 4) is 0 Å². The molecule has 0 amide bonds. The zero-order valence-electron chi connectivity index (χ0n) is 7.77. The number of carboxylic acid groups (broad SMARTS) is 1. The average molecular weight is 264 g/mol. The molecule has 1 aliphatic heterocycles. The van der Waals surface area contributed by atoms with E-state index in [-0.39, 0.29) is 6.04 Å². The Kier molecular flexibility index (Phi) is 3.56. The second-order valence-electron chi connectivity index (χ2n) is 3.33. The summed E-state index contributed by atoms with van der Waals surface area (Å²) in [4.78, 5) is 10.8. The highest BCUT2D eigenvalue weighted by molar-refractivity contribution is 7.99. The molecule has 1 saturated heterocycles. The minimum atomic E-state index is -0.784. The molecule has 2 atom stereocenters. The lowest BCUT2D eigenvalue weighted by molar-refractivity contribution is -0.139. The summed E-state index contributed by atoms with van der Waals surface area (Å²) in [6.07, 6.45) is 0. The van der Waals surface area contributed by atoms with Gasteiger partial charge in [0.15, 0.2) is 0 Å². The highest BCUT2D eigenvalue weighted by atomic mass is 35.5. The van der Waals surface area contributed by atoms with Gasteiger partial charge < -0.3 is 5.11 Å². The van der Waals surface area contributed by atoms with Gasteiger partial charge >= 0.3 is 5.97 Å². The van der Waals surface area contributed by atoms with Crippen molar-refractivity contribution in [2.45, 2.75) is 12.1 Å². The molecule has 0 saturated carbocycles. The van der Waals surface area contributed by atoms with Crippen molar-refractivity contribution in [1.29, 1.82) is 0 Å². The summed E-state index contributed by atoms with van der Waals surface area (Å²) in [5.41, 5.74) is 1.09. The average Bonchev–Trinajstić information content (AvgIpc) is 2.65. The zero-order valence-corrected chi connectivity index (χ0v) is 10.2. The largest absolute Gasteiger partial charge is 0.480 e. The molecule has 2 rings (SSSR count). The summed E-state index contributed by atoms with van der Waals surface area (Å²) in [6, 6.07) is 1.55. The van der Waals surface area contributed by atoms with E-state index in [9.17, 15) is 4.79 Å². The summed E-state index contributed by atoms with van der Waals surface area (Å²) in [7, 11) is 0. The molecule has 0 aromatic carbocycles. The fraction of sp³-hybridized carbons (Fsp3) is 0.444. The van der Waals surface area contributed by atoms with Crippen molar-refractivity contribution >= 4 is 40.7 Å². The second-order valence-corrected chi connectivity index (χ2v) is 5.95. The van der Waals surface area contributed by atoms with Gasteiger partial charge in [-0.2, -0.15) is 11.8 Å². The molecule has 2 unspecified atom stereocenters. The molecule has 1 aromatic heterocycles. The maximum atomic E-state index is 10.8. The maximum absolute atomic E-state index is 10.8. The minimum absolute atomic E-state index is 0.105. The molecule has 1 aliphatic rings. The van der Waals surface area contributed by atoms with E-state index in [1.54, 1.807) is 11.8 Å². The van der Waals surface area contributed by atoms with E-state index in [0.29, 0.717) is 5.75 Å². The number of carboxylic acids is 1. The molecule has 1 fully saturated rings. The Morgan fingerprint density at radius 2 is 2.40 bits per heavy atom. The van der Waals surface area contributed by atoms with E-state index in [1.807, 2.05) is 11.4 Å². The van der Waals surface area contributed by atoms with Crippen LogP contribution in [-0.2, 0) is 4.79 Å². The van der Waals surface area contributed by atoms with Gasteiger partial charge in [0.25, 0.3) is 0 Å². The number of thioether (sulfide) groups is 1. The van der Waals surface area contributed by atoms with E-state index in [0.717, 1.165) is 15.7 Å². The third kappa shape index (κ3) is 2.66. The molecule has 0 radical (unpaired) electrons. The highest BCUT2D eigenvalue weighted by Crippen LogP contribution is 2.29. The van der Waals surface area contributed by atoms with Crippen LogP contribution in [0.2, 0.25) is 4.34 Å². The molecule has 15 heavy (non-hydrogen) atoms. The van der Waals surface area contributed by atoms with Gasteiger partial charge in [0.1, 0.15) is 6.04 Å². The normalized spacial score (nSPS) is 26.5. The van der Waals surface area contributed by atoms with E-state index >= 15 is 0 Å². The predicted octanol–water partition coefficient (Wildman–Crippen LogP) is 2.23. The monoisotopic (exact) mass is 263 g/mol. The Bertz CT molecular complexity index is 369. The van der Waals surface area contributed by atoms with Crippen molar-refractivity contribution < 1.29 is 9.90 Å². The van der Waals surface area contributed by atoms with Crippen LogP contribution in [0.15, 0.2) is 11.4 Å².